The van der Waals surface area contributed by atoms with Crippen molar-refractivity contribution in [1.82, 2.24) is 4.57 Å². The summed E-state index contributed by atoms with van der Waals surface area (Å²) in [6.07, 6.45) is 1.92. The first kappa shape index (κ1) is 15.9. The molecule has 0 aliphatic carbocycles. The van der Waals surface area contributed by atoms with Gasteiger partial charge in [-0.1, -0.05) is 60.7 Å². The third-order valence-corrected chi connectivity index (χ3v) is 3.88. The molecular formula is C20H20N2O2. The SMILES string of the molecule is CCOC(=O)c1c(-c2ccccc2)cn(Cc2ccccc2)c1N. The van der Waals surface area contributed by atoms with Crippen molar-refractivity contribution in [2.45, 2.75) is 13.5 Å². The van der Waals surface area contributed by atoms with Crippen molar-refractivity contribution < 1.29 is 9.53 Å². The van der Waals surface area contributed by atoms with Crippen LogP contribution in [0.3, 0.4) is 0 Å². The van der Waals surface area contributed by atoms with Crippen LogP contribution in [0.25, 0.3) is 11.1 Å². The van der Waals surface area contributed by atoms with Crippen molar-refractivity contribution in [3.63, 3.8) is 0 Å². The Morgan fingerprint density at radius 1 is 1.04 bits per heavy atom. The van der Waals surface area contributed by atoms with Crippen molar-refractivity contribution >= 4 is 11.8 Å². The minimum absolute atomic E-state index is 0.316. The summed E-state index contributed by atoms with van der Waals surface area (Å²) in [5, 5.41) is 0. The number of carbonyl (C=O) groups excluding carboxylic acids is 1. The zero-order chi connectivity index (χ0) is 16.9. The topological polar surface area (TPSA) is 57.2 Å². The van der Waals surface area contributed by atoms with Gasteiger partial charge in [-0.3, -0.25) is 0 Å². The smallest absolute Gasteiger partial charge is 0.342 e. The molecule has 24 heavy (non-hydrogen) atoms. The van der Waals surface area contributed by atoms with Gasteiger partial charge in [0.15, 0.2) is 0 Å². The second-order valence-corrected chi connectivity index (χ2v) is 5.50. The van der Waals surface area contributed by atoms with Crippen LogP contribution in [0.4, 0.5) is 5.82 Å². The number of aromatic nitrogens is 1. The Labute approximate surface area is 141 Å². The Kier molecular flexibility index (Phi) is 4.66. The zero-order valence-electron chi connectivity index (χ0n) is 13.6. The largest absolute Gasteiger partial charge is 0.462 e. The molecule has 0 unspecified atom stereocenters. The van der Waals surface area contributed by atoms with Crippen LogP contribution in [0.5, 0.6) is 0 Å². The average molecular weight is 320 g/mol. The maximum absolute atomic E-state index is 12.4. The summed E-state index contributed by atoms with van der Waals surface area (Å²) in [7, 11) is 0. The number of ether oxygens (including phenoxy) is 1. The lowest BCUT2D eigenvalue weighted by Crippen LogP contribution is -2.10. The number of nitrogens with two attached hydrogens (primary N) is 1. The molecular weight excluding hydrogens is 300 g/mol. The van der Waals surface area contributed by atoms with E-state index in [0.29, 0.717) is 24.5 Å². The minimum Gasteiger partial charge on any atom is -0.462 e. The van der Waals surface area contributed by atoms with Crippen molar-refractivity contribution in [3.05, 3.63) is 78.0 Å². The van der Waals surface area contributed by atoms with Crippen LogP contribution in [-0.4, -0.2) is 17.1 Å². The van der Waals surface area contributed by atoms with Gasteiger partial charge in [-0.25, -0.2) is 4.79 Å². The standard InChI is InChI=1S/C20H20N2O2/c1-2-24-20(23)18-17(16-11-7-4-8-12-16)14-22(19(18)21)13-15-9-5-3-6-10-15/h3-12,14H,2,13,21H2,1H3. The number of carbonyl (C=O) groups is 1. The summed E-state index contributed by atoms with van der Waals surface area (Å²) in [5.74, 6) is 0.0387. The van der Waals surface area contributed by atoms with Crippen LogP contribution in [0.2, 0.25) is 0 Å². The molecule has 0 bridgehead atoms. The average Bonchev–Trinajstić information content (AvgIpc) is 2.93. The molecule has 0 amide bonds. The molecule has 2 N–H and O–H groups in total. The Balaban J connectivity index is 2.07. The van der Waals surface area contributed by atoms with Crippen LogP contribution >= 0.6 is 0 Å². The van der Waals surface area contributed by atoms with Gasteiger partial charge >= 0.3 is 5.97 Å². The number of anilines is 1. The summed E-state index contributed by atoms with van der Waals surface area (Å²) >= 11 is 0. The monoisotopic (exact) mass is 320 g/mol. The van der Waals surface area contributed by atoms with Crippen LogP contribution in [0.15, 0.2) is 66.9 Å². The van der Waals surface area contributed by atoms with Gasteiger partial charge in [0.25, 0.3) is 0 Å². The first-order valence-corrected chi connectivity index (χ1v) is 7.95. The van der Waals surface area contributed by atoms with Crippen molar-refractivity contribution in [2.24, 2.45) is 0 Å². The van der Waals surface area contributed by atoms with E-state index in [0.717, 1.165) is 16.7 Å². The van der Waals surface area contributed by atoms with E-state index >= 15 is 0 Å². The van der Waals surface area contributed by atoms with E-state index in [2.05, 4.69) is 0 Å². The first-order valence-electron chi connectivity index (χ1n) is 7.95. The summed E-state index contributed by atoms with van der Waals surface area (Å²) in [4.78, 5) is 12.4. The molecule has 0 atom stereocenters. The fourth-order valence-electron chi connectivity index (χ4n) is 2.74. The van der Waals surface area contributed by atoms with Crippen LogP contribution in [-0.2, 0) is 11.3 Å². The number of hydrogen-bond donors (Lipinski definition) is 1. The molecule has 0 fully saturated rings. The highest BCUT2D eigenvalue weighted by atomic mass is 16.5. The molecule has 0 saturated heterocycles. The van der Waals surface area contributed by atoms with Gasteiger partial charge in [0, 0.05) is 18.3 Å². The highest BCUT2D eigenvalue weighted by Crippen LogP contribution is 2.31. The molecule has 122 valence electrons. The van der Waals surface area contributed by atoms with E-state index in [1.165, 1.54) is 0 Å². The lowest BCUT2D eigenvalue weighted by Gasteiger charge is -2.07. The Morgan fingerprint density at radius 3 is 2.29 bits per heavy atom. The Hall–Kier alpha value is -3.01. The van der Waals surface area contributed by atoms with Crippen LogP contribution in [0, 0.1) is 0 Å². The quantitative estimate of drug-likeness (QED) is 0.724. The van der Waals surface area contributed by atoms with Gasteiger partial charge in [-0.15, -0.1) is 0 Å². The lowest BCUT2D eigenvalue weighted by molar-refractivity contribution is 0.0528. The summed E-state index contributed by atoms with van der Waals surface area (Å²) in [6.45, 7) is 2.71. The summed E-state index contributed by atoms with van der Waals surface area (Å²) in [5.41, 5.74) is 9.57. The molecule has 3 rings (SSSR count). The van der Waals surface area contributed by atoms with Gasteiger partial charge in [0.2, 0.25) is 0 Å². The summed E-state index contributed by atoms with van der Waals surface area (Å²) < 4.78 is 7.09. The molecule has 0 spiro atoms. The third kappa shape index (κ3) is 3.18. The van der Waals surface area contributed by atoms with E-state index in [1.54, 1.807) is 6.92 Å². The predicted octanol–water partition coefficient (Wildman–Crippen LogP) is 3.96. The van der Waals surface area contributed by atoms with Crippen molar-refractivity contribution in [2.75, 3.05) is 12.3 Å². The fraction of sp³-hybridized carbons (Fsp3) is 0.150. The molecule has 1 heterocycles. The van der Waals surface area contributed by atoms with E-state index in [9.17, 15) is 4.79 Å². The number of nitrogen functional groups attached to an aromatic ring is 1. The second kappa shape index (κ2) is 7.04. The normalized spacial score (nSPS) is 10.5. The minimum atomic E-state index is -0.388. The fourth-order valence-corrected chi connectivity index (χ4v) is 2.74. The van der Waals surface area contributed by atoms with E-state index in [1.807, 2.05) is 71.4 Å². The van der Waals surface area contributed by atoms with Crippen LogP contribution in [0.1, 0.15) is 22.8 Å². The Morgan fingerprint density at radius 2 is 1.67 bits per heavy atom. The molecule has 4 heteroatoms. The number of nitrogens with zero attached hydrogens (tertiary/aromatic N) is 1. The second-order valence-electron chi connectivity index (χ2n) is 5.50. The Bertz CT molecular complexity index is 824. The molecule has 3 aromatic rings. The van der Waals surface area contributed by atoms with Gasteiger partial charge < -0.3 is 15.0 Å². The zero-order valence-corrected chi connectivity index (χ0v) is 13.6. The number of rotatable bonds is 5. The number of esters is 1. The maximum Gasteiger partial charge on any atom is 0.342 e. The van der Waals surface area contributed by atoms with Gasteiger partial charge in [-0.2, -0.15) is 0 Å². The highest BCUT2D eigenvalue weighted by molar-refractivity contribution is 6.02. The molecule has 2 aromatic carbocycles. The molecule has 0 saturated carbocycles. The van der Waals surface area contributed by atoms with Crippen LogP contribution < -0.4 is 5.73 Å². The lowest BCUT2D eigenvalue weighted by atomic mass is 10.0. The maximum atomic E-state index is 12.4. The molecule has 0 aliphatic heterocycles. The molecule has 0 radical (unpaired) electrons. The molecule has 1 aromatic heterocycles. The van der Waals surface area contributed by atoms with Crippen molar-refractivity contribution in [3.8, 4) is 11.1 Å². The summed E-state index contributed by atoms with van der Waals surface area (Å²) in [6, 6.07) is 19.8. The molecule has 0 aliphatic rings. The van der Waals surface area contributed by atoms with E-state index < -0.39 is 0 Å². The van der Waals surface area contributed by atoms with Gasteiger partial charge in [0.05, 0.1) is 6.61 Å². The highest BCUT2D eigenvalue weighted by Gasteiger charge is 2.22. The predicted molar refractivity (Wildman–Crippen MR) is 95.8 cm³/mol. The van der Waals surface area contributed by atoms with E-state index in [-0.39, 0.29) is 5.97 Å². The van der Waals surface area contributed by atoms with E-state index in [4.69, 9.17) is 10.5 Å². The number of benzene rings is 2. The first-order chi connectivity index (χ1) is 11.7. The van der Waals surface area contributed by atoms with Crippen molar-refractivity contribution in [1.29, 1.82) is 0 Å². The third-order valence-electron chi connectivity index (χ3n) is 3.88. The number of hydrogen-bond acceptors (Lipinski definition) is 3. The van der Waals surface area contributed by atoms with Gasteiger partial charge in [0.1, 0.15) is 11.4 Å². The van der Waals surface area contributed by atoms with Gasteiger partial charge in [-0.05, 0) is 18.1 Å². The molecule has 4 nitrogen and oxygen atoms in total.